The fraction of sp³-hybridized carbons (Fsp3) is 0.0526. The predicted octanol–water partition coefficient (Wildman–Crippen LogP) is 15.1. The molecule has 1 aromatic heterocycles. The van der Waals surface area contributed by atoms with Crippen molar-refractivity contribution in [3.8, 4) is 78.4 Å². The van der Waals surface area contributed by atoms with Crippen LogP contribution in [-0.2, 0) is 5.41 Å². The van der Waals surface area contributed by atoms with Gasteiger partial charge in [-0.1, -0.05) is 208 Å². The molecule has 59 heavy (non-hydrogen) atoms. The van der Waals surface area contributed by atoms with Gasteiger partial charge in [-0.15, -0.1) is 0 Å². The molecule has 1 aliphatic carbocycles. The second-order valence-corrected chi connectivity index (χ2v) is 16.1. The number of hydrogen-bond acceptors (Lipinski definition) is 2. The molecule has 2 heteroatoms. The minimum absolute atomic E-state index is 0.198. The summed E-state index contributed by atoms with van der Waals surface area (Å²) in [6.45, 7) is 4.79. The Morgan fingerprint density at radius 1 is 0.305 bits per heavy atom. The molecular weight excluding hydrogens is 713 g/mol. The van der Waals surface area contributed by atoms with Crippen LogP contribution in [0.15, 0.2) is 206 Å². The summed E-state index contributed by atoms with van der Waals surface area (Å²) in [7, 11) is 0. The standard InChI is InChI=1S/C57H40N2/c1-57(2)54-43-22-10-9-20-40(43)32-33-50(54)49-27-15-26-48(55(49)57)46-34-35-51(45-24-13-12-23-44(45)46)56-58-52(41-30-28-38(29-31-41)37-16-5-3-6-17-37)36-53(59-56)47-25-14-11-21-42(47)39-18-7-4-8-19-39/h3-36H,1-2H3. The van der Waals surface area contributed by atoms with Crippen LogP contribution in [0, 0.1) is 0 Å². The number of aromatic nitrogens is 2. The van der Waals surface area contributed by atoms with E-state index in [4.69, 9.17) is 9.97 Å². The SMILES string of the molecule is CC1(C)c2c(cccc2-c2ccc(-c3nc(-c4ccc(-c5ccccc5)cc4)cc(-c4ccccc4-c4ccccc4)n3)c3ccccc23)-c2ccc3ccccc3c21. The summed E-state index contributed by atoms with van der Waals surface area (Å²) in [6.07, 6.45) is 0. The summed E-state index contributed by atoms with van der Waals surface area (Å²) in [5, 5.41) is 4.92. The lowest BCUT2D eigenvalue weighted by atomic mass is 9.77. The van der Waals surface area contributed by atoms with Crippen molar-refractivity contribution in [2.24, 2.45) is 0 Å². The minimum Gasteiger partial charge on any atom is -0.228 e. The van der Waals surface area contributed by atoms with Crippen LogP contribution in [0.4, 0.5) is 0 Å². The van der Waals surface area contributed by atoms with Gasteiger partial charge in [0.1, 0.15) is 0 Å². The first-order valence-corrected chi connectivity index (χ1v) is 20.4. The maximum absolute atomic E-state index is 5.43. The molecule has 9 aromatic carbocycles. The zero-order valence-electron chi connectivity index (χ0n) is 33.0. The highest BCUT2D eigenvalue weighted by Crippen LogP contribution is 2.55. The molecule has 0 atom stereocenters. The molecule has 0 radical (unpaired) electrons. The average molecular weight is 753 g/mol. The molecule has 0 saturated carbocycles. The van der Waals surface area contributed by atoms with Gasteiger partial charge >= 0.3 is 0 Å². The second-order valence-electron chi connectivity index (χ2n) is 16.1. The molecule has 0 fully saturated rings. The van der Waals surface area contributed by atoms with Crippen molar-refractivity contribution < 1.29 is 0 Å². The number of fused-ring (bicyclic) bond motifs is 6. The third kappa shape index (κ3) is 5.79. The Hall–Kier alpha value is -7.42. The largest absolute Gasteiger partial charge is 0.228 e. The maximum Gasteiger partial charge on any atom is 0.161 e. The summed E-state index contributed by atoms with van der Waals surface area (Å²) in [4.78, 5) is 10.8. The lowest BCUT2D eigenvalue weighted by Gasteiger charge is -2.26. The van der Waals surface area contributed by atoms with Crippen molar-refractivity contribution >= 4 is 21.5 Å². The van der Waals surface area contributed by atoms with Crippen molar-refractivity contribution in [2.45, 2.75) is 19.3 Å². The summed E-state index contributed by atoms with van der Waals surface area (Å²) in [5.41, 5.74) is 17.3. The van der Waals surface area contributed by atoms with Crippen molar-refractivity contribution in [1.29, 1.82) is 0 Å². The van der Waals surface area contributed by atoms with Crippen LogP contribution in [0.1, 0.15) is 25.0 Å². The third-order valence-corrected chi connectivity index (χ3v) is 12.3. The van der Waals surface area contributed by atoms with E-state index in [1.807, 2.05) is 0 Å². The van der Waals surface area contributed by atoms with Gasteiger partial charge < -0.3 is 0 Å². The summed E-state index contributed by atoms with van der Waals surface area (Å²) in [6, 6.07) is 74.1. The van der Waals surface area contributed by atoms with Crippen molar-refractivity contribution in [3.63, 3.8) is 0 Å². The molecule has 2 nitrogen and oxygen atoms in total. The van der Waals surface area contributed by atoms with E-state index in [2.05, 4.69) is 220 Å². The summed E-state index contributed by atoms with van der Waals surface area (Å²) >= 11 is 0. The van der Waals surface area contributed by atoms with Gasteiger partial charge in [0.2, 0.25) is 0 Å². The van der Waals surface area contributed by atoms with Crippen LogP contribution in [0.2, 0.25) is 0 Å². The van der Waals surface area contributed by atoms with Crippen LogP contribution in [0.3, 0.4) is 0 Å². The maximum atomic E-state index is 5.43. The van der Waals surface area contributed by atoms with Crippen LogP contribution in [-0.4, -0.2) is 9.97 Å². The normalized spacial score (nSPS) is 12.7. The first-order chi connectivity index (χ1) is 29.0. The lowest BCUT2D eigenvalue weighted by molar-refractivity contribution is 0.668. The molecule has 0 N–H and O–H groups in total. The van der Waals surface area contributed by atoms with Gasteiger partial charge in [0, 0.05) is 22.1 Å². The van der Waals surface area contributed by atoms with Gasteiger partial charge in [-0.3, -0.25) is 0 Å². The molecular formula is C57H40N2. The van der Waals surface area contributed by atoms with E-state index >= 15 is 0 Å². The molecule has 11 rings (SSSR count). The molecule has 1 aliphatic rings. The van der Waals surface area contributed by atoms with Gasteiger partial charge in [-0.05, 0) is 89.3 Å². The third-order valence-electron chi connectivity index (χ3n) is 12.3. The number of rotatable bonds is 6. The summed E-state index contributed by atoms with van der Waals surface area (Å²) in [5.74, 6) is 0.702. The smallest absolute Gasteiger partial charge is 0.161 e. The molecule has 1 heterocycles. The van der Waals surface area contributed by atoms with E-state index in [0.29, 0.717) is 5.82 Å². The second kappa shape index (κ2) is 13.9. The van der Waals surface area contributed by atoms with Crippen LogP contribution in [0.5, 0.6) is 0 Å². The topological polar surface area (TPSA) is 25.8 Å². The fourth-order valence-corrected chi connectivity index (χ4v) is 9.59. The fourth-order valence-electron chi connectivity index (χ4n) is 9.59. The molecule has 0 unspecified atom stereocenters. The quantitative estimate of drug-likeness (QED) is 0.169. The van der Waals surface area contributed by atoms with Gasteiger partial charge in [0.15, 0.2) is 5.82 Å². The Morgan fingerprint density at radius 3 is 1.54 bits per heavy atom. The first kappa shape index (κ1) is 34.8. The van der Waals surface area contributed by atoms with Crippen molar-refractivity contribution in [3.05, 3.63) is 217 Å². The molecule has 0 bridgehead atoms. The predicted molar refractivity (Wildman–Crippen MR) is 247 cm³/mol. The van der Waals surface area contributed by atoms with E-state index in [1.54, 1.807) is 0 Å². The molecule has 278 valence electrons. The van der Waals surface area contributed by atoms with E-state index in [9.17, 15) is 0 Å². The van der Waals surface area contributed by atoms with Gasteiger partial charge in [0.05, 0.1) is 11.4 Å². The van der Waals surface area contributed by atoms with Crippen LogP contribution >= 0.6 is 0 Å². The number of benzene rings is 9. The van der Waals surface area contributed by atoms with Gasteiger partial charge in [-0.25, -0.2) is 9.97 Å². The minimum atomic E-state index is -0.198. The number of hydrogen-bond donors (Lipinski definition) is 0. The van der Waals surface area contributed by atoms with Gasteiger partial charge in [0.25, 0.3) is 0 Å². The first-order valence-electron chi connectivity index (χ1n) is 20.4. The Labute approximate surface area is 345 Å². The van der Waals surface area contributed by atoms with Crippen LogP contribution in [0.25, 0.3) is 100.0 Å². The zero-order valence-corrected chi connectivity index (χ0v) is 33.0. The molecule has 0 aliphatic heterocycles. The summed E-state index contributed by atoms with van der Waals surface area (Å²) < 4.78 is 0. The molecule has 0 amide bonds. The Bertz CT molecular complexity index is 3220. The average Bonchev–Trinajstić information content (AvgIpc) is 3.55. The van der Waals surface area contributed by atoms with E-state index in [0.717, 1.165) is 44.6 Å². The van der Waals surface area contributed by atoms with Gasteiger partial charge in [-0.2, -0.15) is 0 Å². The lowest BCUT2D eigenvalue weighted by Crippen LogP contribution is -2.17. The Morgan fingerprint density at radius 2 is 0.797 bits per heavy atom. The zero-order chi connectivity index (χ0) is 39.5. The Kier molecular flexibility index (Phi) is 8.20. The number of nitrogens with zero attached hydrogens (tertiary/aromatic N) is 2. The van der Waals surface area contributed by atoms with Crippen molar-refractivity contribution in [1.82, 2.24) is 9.97 Å². The molecule has 0 spiro atoms. The Balaban J connectivity index is 1.10. The van der Waals surface area contributed by atoms with Crippen LogP contribution < -0.4 is 0 Å². The highest BCUT2D eigenvalue weighted by molar-refractivity contribution is 6.07. The highest BCUT2D eigenvalue weighted by atomic mass is 14.9. The molecule has 0 saturated heterocycles. The van der Waals surface area contributed by atoms with E-state index in [-0.39, 0.29) is 5.41 Å². The highest BCUT2D eigenvalue weighted by Gasteiger charge is 2.39. The van der Waals surface area contributed by atoms with E-state index in [1.165, 1.54) is 60.7 Å². The molecule has 10 aromatic rings. The monoisotopic (exact) mass is 752 g/mol. The van der Waals surface area contributed by atoms with Crippen molar-refractivity contribution in [2.75, 3.05) is 0 Å². The van der Waals surface area contributed by atoms with E-state index < -0.39 is 0 Å².